The van der Waals surface area contributed by atoms with E-state index in [9.17, 15) is 9.59 Å². The van der Waals surface area contributed by atoms with Gasteiger partial charge in [0.05, 0.1) is 19.3 Å². The van der Waals surface area contributed by atoms with Gasteiger partial charge in [-0.3, -0.25) is 4.79 Å². The second kappa shape index (κ2) is 7.87. The van der Waals surface area contributed by atoms with Gasteiger partial charge in [0.25, 0.3) is 0 Å². The van der Waals surface area contributed by atoms with Gasteiger partial charge >= 0.3 is 11.9 Å². The van der Waals surface area contributed by atoms with E-state index in [1.54, 1.807) is 62.6 Å². The third-order valence-corrected chi connectivity index (χ3v) is 4.81. The molecule has 2 aliphatic heterocycles. The van der Waals surface area contributed by atoms with Crippen LogP contribution in [-0.4, -0.2) is 32.4 Å². The largest absolute Gasteiger partial charge is 0.497 e. The van der Waals surface area contributed by atoms with Gasteiger partial charge in [0, 0.05) is 0 Å². The van der Waals surface area contributed by atoms with Crippen LogP contribution in [0.2, 0.25) is 0 Å². The summed E-state index contributed by atoms with van der Waals surface area (Å²) in [5, 5.41) is 0. The molecule has 1 saturated heterocycles. The van der Waals surface area contributed by atoms with Crippen LogP contribution in [0.25, 0.3) is 6.08 Å². The Morgan fingerprint density at radius 1 is 1.14 bits per heavy atom. The molecule has 0 N–H and O–H groups in total. The fourth-order valence-corrected chi connectivity index (χ4v) is 3.41. The van der Waals surface area contributed by atoms with Gasteiger partial charge in [-0.25, -0.2) is 4.79 Å². The molecule has 150 valence electrons. The van der Waals surface area contributed by atoms with E-state index in [0.717, 1.165) is 0 Å². The molecule has 0 aliphatic carbocycles. The molecule has 0 spiro atoms. The molecule has 0 unspecified atom stereocenters. The quantitative estimate of drug-likeness (QED) is 0.567. The molecular formula is C22H20O7. The van der Waals surface area contributed by atoms with E-state index in [4.69, 9.17) is 23.7 Å². The average Bonchev–Trinajstić information content (AvgIpc) is 3.32. The molecule has 7 nitrogen and oxygen atoms in total. The van der Waals surface area contributed by atoms with Gasteiger partial charge in [-0.05, 0) is 48.4 Å². The molecular weight excluding hydrogens is 376 g/mol. The summed E-state index contributed by atoms with van der Waals surface area (Å²) in [4.78, 5) is 25.4. The predicted molar refractivity (Wildman–Crippen MR) is 102 cm³/mol. The molecule has 0 bridgehead atoms. The minimum atomic E-state index is -0.874. The first kappa shape index (κ1) is 18.9. The Hall–Kier alpha value is -3.48. The number of hydrogen-bond donors (Lipinski definition) is 0. The lowest BCUT2D eigenvalue weighted by molar-refractivity contribution is -0.149. The summed E-state index contributed by atoms with van der Waals surface area (Å²) < 4.78 is 26.7. The number of carbonyl (C=O) groups excluding carboxylic acids is 2. The maximum absolute atomic E-state index is 12.7. The molecule has 4 rings (SSSR count). The third-order valence-electron chi connectivity index (χ3n) is 4.81. The van der Waals surface area contributed by atoms with E-state index in [0.29, 0.717) is 28.4 Å². The molecule has 29 heavy (non-hydrogen) atoms. The molecule has 2 atom stereocenters. The van der Waals surface area contributed by atoms with Gasteiger partial charge in [0.2, 0.25) is 6.79 Å². The summed E-state index contributed by atoms with van der Waals surface area (Å²) in [5.74, 6) is -0.0415. The summed E-state index contributed by atoms with van der Waals surface area (Å²) in [6.45, 7) is 2.08. The maximum Gasteiger partial charge on any atom is 0.335 e. The number of benzene rings is 2. The molecule has 2 aliphatic rings. The zero-order valence-corrected chi connectivity index (χ0v) is 16.0. The third kappa shape index (κ3) is 3.63. The molecule has 0 amide bonds. The highest BCUT2D eigenvalue weighted by Gasteiger charge is 2.46. The van der Waals surface area contributed by atoms with E-state index in [2.05, 4.69) is 0 Å². The Bertz CT molecular complexity index is 962. The van der Waals surface area contributed by atoms with Crippen molar-refractivity contribution < 1.29 is 33.3 Å². The Kier molecular flexibility index (Phi) is 5.12. The number of esters is 2. The lowest BCUT2D eigenvalue weighted by atomic mass is 9.90. The van der Waals surface area contributed by atoms with Crippen LogP contribution < -0.4 is 14.2 Å². The van der Waals surface area contributed by atoms with Crippen LogP contribution in [0.5, 0.6) is 17.2 Å². The first-order valence-electron chi connectivity index (χ1n) is 9.23. The number of ether oxygens (including phenoxy) is 5. The van der Waals surface area contributed by atoms with E-state index in [1.165, 1.54) is 0 Å². The summed E-state index contributed by atoms with van der Waals surface area (Å²) in [6, 6.07) is 12.4. The number of hydrogen-bond acceptors (Lipinski definition) is 7. The predicted octanol–water partition coefficient (Wildman–Crippen LogP) is 3.28. The minimum absolute atomic E-state index is 0.155. The van der Waals surface area contributed by atoms with Crippen molar-refractivity contribution in [1.82, 2.24) is 0 Å². The van der Waals surface area contributed by atoms with E-state index >= 15 is 0 Å². The molecule has 0 saturated carbocycles. The second-order valence-corrected chi connectivity index (χ2v) is 6.54. The van der Waals surface area contributed by atoms with Crippen LogP contribution in [0.4, 0.5) is 0 Å². The monoisotopic (exact) mass is 396 g/mol. The van der Waals surface area contributed by atoms with Crippen molar-refractivity contribution in [2.24, 2.45) is 5.92 Å². The van der Waals surface area contributed by atoms with E-state index in [1.807, 2.05) is 0 Å². The average molecular weight is 396 g/mol. The lowest BCUT2D eigenvalue weighted by Gasteiger charge is -2.17. The molecule has 2 heterocycles. The number of methoxy groups -OCH3 is 1. The molecule has 7 heteroatoms. The van der Waals surface area contributed by atoms with Crippen molar-refractivity contribution in [2.45, 2.75) is 13.0 Å². The topological polar surface area (TPSA) is 80.3 Å². The van der Waals surface area contributed by atoms with Crippen molar-refractivity contribution in [3.8, 4) is 17.2 Å². The van der Waals surface area contributed by atoms with Gasteiger partial charge < -0.3 is 23.7 Å². The Labute approximate surface area is 167 Å². The summed E-state index contributed by atoms with van der Waals surface area (Å²) in [5.41, 5.74) is 1.63. The first-order valence-corrected chi connectivity index (χ1v) is 9.23. The molecule has 0 aromatic heterocycles. The van der Waals surface area contributed by atoms with Crippen LogP contribution >= 0.6 is 0 Å². The lowest BCUT2D eigenvalue weighted by Crippen LogP contribution is -2.22. The number of cyclic esters (lactones) is 1. The Balaban J connectivity index is 1.71. The van der Waals surface area contributed by atoms with Gasteiger partial charge in [-0.1, -0.05) is 18.2 Å². The first-order chi connectivity index (χ1) is 14.1. The minimum Gasteiger partial charge on any atom is -0.497 e. The van der Waals surface area contributed by atoms with Crippen molar-refractivity contribution in [3.05, 3.63) is 59.2 Å². The number of rotatable bonds is 5. The second-order valence-electron chi connectivity index (χ2n) is 6.54. The zero-order valence-electron chi connectivity index (χ0n) is 16.0. The van der Waals surface area contributed by atoms with Crippen molar-refractivity contribution in [2.75, 3.05) is 20.5 Å². The normalized spacial score (nSPS) is 21.2. The number of carbonyl (C=O) groups is 2. The highest BCUT2D eigenvalue weighted by Crippen LogP contribution is 2.42. The maximum atomic E-state index is 12.7. The summed E-state index contributed by atoms with van der Waals surface area (Å²) in [6.07, 6.45) is 0.864. The van der Waals surface area contributed by atoms with Gasteiger partial charge in [-0.2, -0.15) is 0 Å². The fourth-order valence-electron chi connectivity index (χ4n) is 3.41. The molecule has 0 radical (unpaired) electrons. The van der Waals surface area contributed by atoms with Crippen molar-refractivity contribution >= 4 is 18.0 Å². The highest BCUT2D eigenvalue weighted by atomic mass is 16.7. The summed E-state index contributed by atoms with van der Waals surface area (Å²) in [7, 11) is 1.57. The summed E-state index contributed by atoms with van der Waals surface area (Å²) >= 11 is 0. The van der Waals surface area contributed by atoms with Gasteiger partial charge in [-0.15, -0.1) is 0 Å². The van der Waals surface area contributed by atoms with Gasteiger partial charge in [0.1, 0.15) is 17.8 Å². The molecule has 2 aromatic rings. The Morgan fingerprint density at radius 2 is 1.90 bits per heavy atom. The molecule has 1 fully saturated rings. The van der Waals surface area contributed by atoms with Crippen LogP contribution in [-0.2, 0) is 19.1 Å². The van der Waals surface area contributed by atoms with Crippen LogP contribution in [0.3, 0.4) is 0 Å². The standard InChI is InChI=1S/C22H20O7/c1-3-26-22(24)19-16(10-13-4-9-17-18(11-13)28-12-27-17)21(23)29-20(19)14-5-7-15(25-2)8-6-14/h4-11,19-20H,3,12H2,1-2H3/b16-10+/t19-,20-/m0/s1. The van der Waals surface area contributed by atoms with Crippen molar-refractivity contribution in [1.29, 1.82) is 0 Å². The number of fused-ring (bicyclic) bond motifs is 1. The smallest absolute Gasteiger partial charge is 0.335 e. The van der Waals surface area contributed by atoms with Gasteiger partial charge in [0.15, 0.2) is 11.5 Å². The van der Waals surface area contributed by atoms with Crippen molar-refractivity contribution in [3.63, 3.8) is 0 Å². The fraction of sp³-hybridized carbons (Fsp3) is 0.273. The SMILES string of the molecule is CCOC(=O)[C@H]1/C(=C\c2ccc3c(c2)OCO3)C(=O)O[C@H]1c1ccc(OC)cc1. The van der Waals surface area contributed by atoms with Crippen LogP contribution in [0.1, 0.15) is 24.2 Å². The zero-order chi connectivity index (χ0) is 20.4. The van der Waals surface area contributed by atoms with Crippen LogP contribution in [0, 0.1) is 5.92 Å². The van der Waals surface area contributed by atoms with Crippen LogP contribution in [0.15, 0.2) is 48.0 Å². The van der Waals surface area contributed by atoms with E-state index in [-0.39, 0.29) is 19.0 Å². The van der Waals surface area contributed by atoms with E-state index < -0.39 is 24.0 Å². The molecule has 2 aromatic carbocycles. The highest BCUT2D eigenvalue weighted by molar-refractivity contribution is 6.02. The Morgan fingerprint density at radius 3 is 2.62 bits per heavy atom.